The van der Waals surface area contributed by atoms with Crippen molar-refractivity contribution in [2.75, 3.05) is 17.8 Å². The summed E-state index contributed by atoms with van der Waals surface area (Å²) in [6.07, 6.45) is 0.313. The second-order valence-electron chi connectivity index (χ2n) is 3.41. The van der Waals surface area contributed by atoms with Crippen molar-refractivity contribution in [2.45, 2.75) is 6.42 Å². The van der Waals surface area contributed by atoms with Crippen LogP contribution in [0.3, 0.4) is 0 Å². The fourth-order valence-corrected chi connectivity index (χ4v) is 1.62. The van der Waals surface area contributed by atoms with Gasteiger partial charge < -0.3 is 10.1 Å². The van der Waals surface area contributed by atoms with E-state index in [1.807, 2.05) is 0 Å². The van der Waals surface area contributed by atoms with E-state index >= 15 is 0 Å². The number of halogens is 1. The molecule has 0 fully saturated rings. The number of amides is 1. The van der Waals surface area contributed by atoms with Crippen LogP contribution >= 0.6 is 11.6 Å². The van der Waals surface area contributed by atoms with Gasteiger partial charge in [-0.25, -0.2) is 0 Å². The normalized spacial score (nSPS) is 14.4. The quantitative estimate of drug-likeness (QED) is 0.633. The molecule has 1 amide bonds. The van der Waals surface area contributed by atoms with Crippen LogP contribution in [0.15, 0.2) is 18.2 Å². The highest BCUT2D eigenvalue weighted by atomic mass is 35.5. The number of Topliss-reactive ketones (excluding diaryl/α,β-unsaturated/α-hetero) is 1. The third-order valence-corrected chi connectivity index (χ3v) is 2.53. The van der Waals surface area contributed by atoms with E-state index in [-0.39, 0.29) is 17.6 Å². The molecule has 0 unspecified atom stereocenters. The predicted molar refractivity (Wildman–Crippen MR) is 60.2 cm³/mol. The molecule has 16 heavy (non-hydrogen) atoms. The molecule has 0 saturated carbocycles. The lowest BCUT2D eigenvalue weighted by molar-refractivity contribution is -0.116. The molecular weight excluding hydrogens is 230 g/mol. The number of carbonyl (C=O) groups is 2. The van der Waals surface area contributed by atoms with E-state index in [1.165, 1.54) is 0 Å². The van der Waals surface area contributed by atoms with Crippen LogP contribution in [0.5, 0.6) is 5.75 Å². The number of alkyl halides is 1. The van der Waals surface area contributed by atoms with Gasteiger partial charge in [0.1, 0.15) is 5.75 Å². The molecule has 0 aliphatic carbocycles. The van der Waals surface area contributed by atoms with Crippen molar-refractivity contribution < 1.29 is 14.3 Å². The Bertz CT molecular complexity index is 445. The molecule has 0 spiro atoms. The molecule has 1 aliphatic heterocycles. The average molecular weight is 240 g/mol. The molecular formula is C11H10ClNO3. The first-order valence-corrected chi connectivity index (χ1v) is 5.40. The summed E-state index contributed by atoms with van der Waals surface area (Å²) in [7, 11) is 0. The topological polar surface area (TPSA) is 55.4 Å². The molecule has 1 aromatic rings. The van der Waals surface area contributed by atoms with E-state index in [4.69, 9.17) is 16.3 Å². The molecule has 0 atom stereocenters. The van der Waals surface area contributed by atoms with Crippen molar-refractivity contribution in [3.8, 4) is 5.75 Å². The number of fused-ring (bicyclic) bond motifs is 1. The first-order valence-electron chi connectivity index (χ1n) is 4.86. The second-order valence-corrected chi connectivity index (χ2v) is 3.68. The van der Waals surface area contributed by atoms with Crippen LogP contribution in [0, 0.1) is 0 Å². The van der Waals surface area contributed by atoms with Gasteiger partial charge in [0.25, 0.3) is 0 Å². The van der Waals surface area contributed by atoms with E-state index in [0.29, 0.717) is 30.0 Å². The number of rotatable bonds is 2. The molecule has 0 radical (unpaired) electrons. The Hall–Kier alpha value is -1.55. The lowest BCUT2D eigenvalue weighted by atomic mass is 10.1. The first kappa shape index (κ1) is 11.0. The summed E-state index contributed by atoms with van der Waals surface area (Å²) in [5.74, 6) is 0.210. The second kappa shape index (κ2) is 4.53. The lowest BCUT2D eigenvalue weighted by Crippen LogP contribution is -2.11. The van der Waals surface area contributed by atoms with E-state index in [0.717, 1.165) is 0 Å². The number of nitrogens with one attached hydrogen (secondary N) is 1. The maximum Gasteiger partial charge on any atom is 0.227 e. The first-order chi connectivity index (χ1) is 7.70. The van der Waals surface area contributed by atoms with Gasteiger partial charge >= 0.3 is 0 Å². The Labute approximate surface area is 97.5 Å². The highest BCUT2D eigenvalue weighted by Crippen LogP contribution is 2.28. The van der Waals surface area contributed by atoms with Gasteiger partial charge in [0.05, 0.1) is 24.6 Å². The van der Waals surface area contributed by atoms with Gasteiger partial charge in [-0.1, -0.05) is 0 Å². The summed E-state index contributed by atoms with van der Waals surface area (Å²) in [6, 6.07) is 4.89. The molecule has 84 valence electrons. The number of anilines is 1. The van der Waals surface area contributed by atoms with Crippen LogP contribution in [0.1, 0.15) is 16.8 Å². The van der Waals surface area contributed by atoms with Gasteiger partial charge in [0.15, 0.2) is 5.78 Å². The minimum Gasteiger partial charge on any atom is -0.491 e. The zero-order valence-corrected chi connectivity index (χ0v) is 9.21. The molecule has 5 heteroatoms. The number of hydrogen-bond donors (Lipinski definition) is 1. The SMILES string of the molecule is O=C1CCOc2ccc(C(=O)CCl)cc2N1. The number of carbonyl (C=O) groups excluding carboxylic acids is 2. The molecule has 0 aromatic heterocycles. The molecule has 2 rings (SSSR count). The molecule has 1 N–H and O–H groups in total. The van der Waals surface area contributed by atoms with Gasteiger partial charge in [-0.15, -0.1) is 11.6 Å². The number of ether oxygens (including phenoxy) is 1. The number of hydrogen-bond acceptors (Lipinski definition) is 3. The summed E-state index contributed by atoms with van der Waals surface area (Å²) in [6.45, 7) is 0.349. The fourth-order valence-electron chi connectivity index (χ4n) is 1.47. The summed E-state index contributed by atoms with van der Waals surface area (Å²) in [5, 5.41) is 2.68. The van der Waals surface area contributed by atoms with Crippen LogP contribution in [-0.2, 0) is 4.79 Å². The molecule has 1 heterocycles. The van der Waals surface area contributed by atoms with E-state index in [1.54, 1.807) is 18.2 Å². The molecule has 1 aromatic carbocycles. The minimum atomic E-state index is -0.178. The zero-order chi connectivity index (χ0) is 11.5. The number of ketones is 1. The molecule has 0 bridgehead atoms. The van der Waals surface area contributed by atoms with Gasteiger partial charge in [0.2, 0.25) is 5.91 Å². The summed E-state index contributed by atoms with van der Waals surface area (Å²) in [4.78, 5) is 22.7. The maximum atomic E-state index is 11.4. The minimum absolute atomic E-state index is 0.0758. The highest BCUT2D eigenvalue weighted by Gasteiger charge is 2.15. The third kappa shape index (κ3) is 2.17. The van der Waals surface area contributed by atoms with Crippen molar-refractivity contribution in [1.29, 1.82) is 0 Å². The lowest BCUT2D eigenvalue weighted by Gasteiger charge is -2.08. The molecule has 1 aliphatic rings. The van der Waals surface area contributed by atoms with Crippen LogP contribution in [0.4, 0.5) is 5.69 Å². The van der Waals surface area contributed by atoms with E-state index in [9.17, 15) is 9.59 Å². The van der Waals surface area contributed by atoms with Crippen molar-refractivity contribution in [2.24, 2.45) is 0 Å². The summed E-state index contributed by atoms with van der Waals surface area (Å²) >= 11 is 5.46. The monoisotopic (exact) mass is 239 g/mol. The van der Waals surface area contributed by atoms with E-state index < -0.39 is 0 Å². The van der Waals surface area contributed by atoms with Crippen molar-refractivity contribution in [3.05, 3.63) is 23.8 Å². The number of benzene rings is 1. The van der Waals surface area contributed by atoms with Crippen LogP contribution in [0.25, 0.3) is 0 Å². The average Bonchev–Trinajstić information content (AvgIpc) is 2.47. The van der Waals surface area contributed by atoms with Crippen LogP contribution in [0.2, 0.25) is 0 Å². The van der Waals surface area contributed by atoms with Crippen LogP contribution < -0.4 is 10.1 Å². The van der Waals surface area contributed by atoms with Crippen molar-refractivity contribution >= 4 is 29.0 Å². The highest BCUT2D eigenvalue weighted by molar-refractivity contribution is 6.30. The maximum absolute atomic E-state index is 11.4. The Morgan fingerprint density at radius 3 is 3.06 bits per heavy atom. The van der Waals surface area contributed by atoms with E-state index in [2.05, 4.69) is 5.32 Å². The summed E-state index contributed by atoms with van der Waals surface area (Å²) in [5.41, 5.74) is 0.998. The van der Waals surface area contributed by atoms with Gasteiger partial charge in [-0.3, -0.25) is 9.59 Å². The van der Waals surface area contributed by atoms with Crippen molar-refractivity contribution in [1.82, 2.24) is 0 Å². The Kier molecular flexibility index (Phi) is 3.10. The fraction of sp³-hybridized carbons (Fsp3) is 0.273. The van der Waals surface area contributed by atoms with Gasteiger partial charge in [0, 0.05) is 5.56 Å². The smallest absolute Gasteiger partial charge is 0.227 e. The largest absolute Gasteiger partial charge is 0.491 e. The molecule has 0 saturated heterocycles. The Morgan fingerprint density at radius 1 is 1.50 bits per heavy atom. The predicted octanol–water partition coefficient (Wildman–Crippen LogP) is 1.83. The summed E-state index contributed by atoms with van der Waals surface area (Å²) < 4.78 is 5.36. The standard InChI is InChI=1S/C11H10ClNO3/c12-6-9(14)7-1-2-10-8(5-7)13-11(15)3-4-16-10/h1-2,5H,3-4,6H2,(H,13,15). The van der Waals surface area contributed by atoms with Crippen LogP contribution in [-0.4, -0.2) is 24.2 Å². The molecule has 4 nitrogen and oxygen atoms in total. The Balaban J connectivity index is 2.36. The third-order valence-electron chi connectivity index (χ3n) is 2.28. The van der Waals surface area contributed by atoms with Gasteiger partial charge in [-0.2, -0.15) is 0 Å². The van der Waals surface area contributed by atoms with Gasteiger partial charge in [-0.05, 0) is 18.2 Å². The van der Waals surface area contributed by atoms with Crippen molar-refractivity contribution in [3.63, 3.8) is 0 Å². The zero-order valence-electron chi connectivity index (χ0n) is 8.46. The Morgan fingerprint density at radius 2 is 2.31 bits per heavy atom.